The van der Waals surface area contributed by atoms with Gasteiger partial charge in [-0.05, 0) is 36.8 Å². The first-order valence-electron chi connectivity index (χ1n) is 6.51. The zero-order valence-corrected chi connectivity index (χ0v) is 12.0. The predicted octanol–water partition coefficient (Wildman–Crippen LogP) is 3.60. The number of amides is 1. The maximum absolute atomic E-state index is 13.6. The van der Waals surface area contributed by atoms with E-state index >= 15 is 0 Å². The normalized spacial score (nSPS) is 11.9. The molecule has 0 saturated carbocycles. The number of methoxy groups -OCH3 is 1. The highest BCUT2D eigenvalue weighted by Gasteiger charge is 2.16. The van der Waals surface area contributed by atoms with Gasteiger partial charge in [0.1, 0.15) is 11.6 Å². The second-order valence-electron chi connectivity index (χ2n) is 4.71. The Hall–Kier alpha value is -2.50. The van der Waals surface area contributed by atoms with Gasteiger partial charge in [-0.3, -0.25) is 4.79 Å². The van der Waals surface area contributed by atoms with Crippen molar-refractivity contribution in [2.45, 2.75) is 13.0 Å². The smallest absolute Gasteiger partial charge is 0.254 e. The fourth-order valence-electron chi connectivity index (χ4n) is 1.98. The lowest BCUT2D eigenvalue weighted by molar-refractivity contribution is 0.0935. The minimum atomic E-state index is -0.953. The lowest BCUT2D eigenvalue weighted by Gasteiger charge is -2.15. The summed E-state index contributed by atoms with van der Waals surface area (Å²) in [6.45, 7) is 1.63. The molecule has 0 aliphatic rings. The summed E-state index contributed by atoms with van der Waals surface area (Å²) >= 11 is 0. The average Bonchev–Trinajstić information content (AvgIpc) is 2.46. The largest absolute Gasteiger partial charge is 0.494 e. The molecule has 0 bridgehead atoms. The highest BCUT2D eigenvalue weighted by atomic mass is 19.1. The van der Waals surface area contributed by atoms with Crippen molar-refractivity contribution in [3.8, 4) is 5.75 Å². The van der Waals surface area contributed by atoms with Gasteiger partial charge in [-0.1, -0.05) is 6.07 Å². The Balaban J connectivity index is 2.15. The van der Waals surface area contributed by atoms with Crippen LogP contribution >= 0.6 is 0 Å². The van der Waals surface area contributed by atoms with Crippen LogP contribution in [0.2, 0.25) is 0 Å². The topological polar surface area (TPSA) is 38.3 Å². The Bertz CT molecular complexity index is 704. The maximum atomic E-state index is 13.6. The summed E-state index contributed by atoms with van der Waals surface area (Å²) in [5, 5.41) is 2.53. The molecular weight excluding hydrogens is 295 g/mol. The van der Waals surface area contributed by atoms with Crippen molar-refractivity contribution in [2.75, 3.05) is 7.11 Å². The molecule has 0 radical (unpaired) electrons. The van der Waals surface area contributed by atoms with E-state index in [9.17, 15) is 18.0 Å². The molecule has 2 aromatic rings. The lowest BCUT2D eigenvalue weighted by atomic mass is 10.1. The van der Waals surface area contributed by atoms with Gasteiger partial charge in [-0.15, -0.1) is 0 Å². The van der Waals surface area contributed by atoms with Gasteiger partial charge >= 0.3 is 0 Å². The molecule has 1 N–H and O–H groups in total. The molecule has 0 heterocycles. The van der Waals surface area contributed by atoms with Crippen LogP contribution in [-0.4, -0.2) is 13.0 Å². The molecule has 0 unspecified atom stereocenters. The summed E-state index contributed by atoms with van der Waals surface area (Å²) in [5.41, 5.74) is 0.219. The molecule has 0 aliphatic heterocycles. The van der Waals surface area contributed by atoms with Crippen LogP contribution in [0.25, 0.3) is 0 Å². The standard InChI is InChI=1S/C16H14F3NO2/c1-9(10-3-6-15(22-2)14(19)7-10)20-16(21)12-5-4-11(17)8-13(12)18/h3-9H,1-2H3,(H,20,21)/t9-/m0/s1. The summed E-state index contributed by atoms with van der Waals surface area (Å²) in [7, 11) is 1.35. The Morgan fingerprint density at radius 2 is 1.82 bits per heavy atom. The first-order valence-corrected chi connectivity index (χ1v) is 6.51. The molecule has 0 aromatic heterocycles. The molecular formula is C16H14F3NO2. The van der Waals surface area contributed by atoms with Crippen molar-refractivity contribution in [3.63, 3.8) is 0 Å². The van der Waals surface area contributed by atoms with Gasteiger partial charge in [0.05, 0.1) is 18.7 Å². The lowest BCUT2D eigenvalue weighted by Crippen LogP contribution is -2.27. The molecule has 116 valence electrons. The molecule has 3 nitrogen and oxygen atoms in total. The number of hydrogen-bond acceptors (Lipinski definition) is 2. The zero-order chi connectivity index (χ0) is 16.3. The zero-order valence-electron chi connectivity index (χ0n) is 12.0. The van der Waals surface area contributed by atoms with Crippen LogP contribution in [0.4, 0.5) is 13.2 Å². The fraction of sp³-hybridized carbons (Fsp3) is 0.188. The van der Waals surface area contributed by atoms with Gasteiger partial charge in [-0.25, -0.2) is 13.2 Å². The van der Waals surface area contributed by atoms with E-state index in [0.717, 1.165) is 12.1 Å². The van der Waals surface area contributed by atoms with Crippen molar-refractivity contribution in [1.29, 1.82) is 0 Å². The number of benzene rings is 2. The summed E-state index contributed by atoms with van der Waals surface area (Å²) in [6.07, 6.45) is 0. The van der Waals surface area contributed by atoms with E-state index in [1.54, 1.807) is 13.0 Å². The Morgan fingerprint density at radius 1 is 1.09 bits per heavy atom. The molecule has 22 heavy (non-hydrogen) atoms. The quantitative estimate of drug-likeness (QED) is 0.937. The molecule has 0 spiro atoms. The fourth-order valence-corrected chi connectivity index (χ4v) is 1.98. The van der Waals surface area contributed by atoms with Crippen LogP contribution in [0.5, 0.6) is 5.75 Å². The Morgan fingerprint density at radius 3 is 2.41 bits per heavy atom. The summed E-state index contributed by atoms with van der Waals surface area (Å²) in [5.74, 6) is -2.90. The minimum absolute atomic E-state index is 0.0897. The van der Waals surface area contributed by atoms with Crippen LogP contribution in [-0.2, 0) is 0 Å². The molecule has 0 saturated heterocycles. The first-order chi connectivity index (χ1) is 10.4. The highest BCUT2D eigenvalue weighted by Crippen LogP contribution is 2.22. The van der Waals surface area contributed by atoms with Crippen LogP contribution in [0.3, 0.4) is 0 Å². The third-order valence-corrected chi connectivity index (χ3v) is 3.20. The highest BCUT2D eigenvalue weighted by molar-refractivity contribution is 5.94. The number of nitrogens with one attached hydrogen (secondary N) is 1. The summed E-state index contributed by atoms with van der Waals surface area (Å²) in [6, 6.07) is 6.38. The second-order valence-corrected chi connectivity index (χ2v) is 4.71. The van der Waals surface area contributed by atoms with Gasteiger partial charge in [0, 0.05) is 6.07 Å². The third-order valence-electron chi connectivity index (χ3n) is 3.20. The summed E-state index contributed by atoms with van der Waals surface area (Å²) in [4.78, 5) is 12.0. The van der Waals surface area contributed by atoms with Crippen LogP contribution < -0.4 is 10.1 Å². The van der Waals surface area contributed by atoms with E-state index in [1.807, 2.05) is 0 Å². The Kier molecular flexibility index (Phi) is 4.70. The van der Waals surface area contributed by atoms with E-state index in [1.165, 1.54) is 19.2 Å². The predicted molar refractivity (Wildman–Crippen MR) is 75.2 cm³/mol. The van der Waals surface area contributed by atoms with Crippen LogP contribution in [0.15, 0.2) is 36.4 Å². The number of carbonyl (C=O) groups excluding carboxylic acids is 1. The first kappa shape index (κ1) is 15.9. The van der Waals surface area contributed by atoms with Crippen molar-refractivity contribution in [3.05, 3.63) is 65.0 Å². The van der Waals surface area contributed by atoms with E-state index < -0.39 is 29.4 Å². The number of ether oxygens (including phenoxy) is 1. The Labute approximate surface area is 125 Å². The van der Waals surface area contributed by atoms with Crippen molar-refractivity contribution < 1.29 is 22.7 Å². The van der Waals surface area contributed by atoms with Gasteiger partial charge in [0.2, 0.25) is 0 Å². The maximum Gasteiger partial charge on any atom is 0.254 e. The van der Waals surface area contributed by atoms with Gasteiger partial charge in [0.15, 0.2) is 11.6 Å². The number of hydrogen-bond donors (Lipinski definition) is 1. The number of carbonyl (C=O) groups is 1. The van der Waals surface area contributed by atoms with Gasteiger partial charge < -0.3 is 10.1 Å². The molecule has 1 amide bonds. The van der Waals surface area contributed by atoms with Crippen molar-refractivity contribution in [2.24, 2.45) is 0 Å². The third kappa shape index (κ3) is 3.39. The molecule has 2 aromatic carbocycles. The van der Waals surface area contributed by atoms with Gasteiger partial charge in [0.25, 0.3) is 5.91 Å². The van der Waals surface area contributed by atoms with E-state index in [-0.39, 0.29) is 11.3 Å². The number of halogens is 3. The average molecular weight is 309 g/mol. The van der Waals surface area contributed by atoms with Crippen LogP contribution in [0.1, 0.15) is 28.9 Å². The minimum Gasteiger partial charge on any atom is -0.494 e. The molecule has 6 heteroatoms. The monoisotopic (exact) mass is 309 g/mol. The SMILES string of the molecule is COc1ccc([C@H](C)NC(=O)c2ccc(F)cc2F)cc1F. The number of rotatable bonds is 4. The van der Waals surface area contributed by atoms with E-state index in [4.69, 9.17) is 4.74 Å². The van der Waals surface area contributed by atoms with Gasteiger partial charge in [-0.2, -0.15) is 0 Å². The summed E-state index contributed by atoms with van der Waals surface area (Å²) < 4.78 is 44.8. The molecule has 2 rings (SSSR count). The molecule has 1 atom stereocenters. The van der Waals surface area contributed by atoms with Crippen LogP contribution in [0, 0.1) is 17.5 Å². The molecule has 0 aliphatic carbocycles. The van der Waals surface area contributed by atoms with E-state index in [0.29, 0.717) is 11.6 Å². The van der Waals surface area contributed by atoms with Crippen molar-refractivity contribution >= 4 is 5.91 Å². The molecule has 0 fully saturated rings. The van der Waals surface area contributed by atoms with Crippen molar-refractivity contribution in [1.82, 2.24) is 5.32 Å². The second kappa shape index (κ2) is 6.51. The van der Waals surface area contributed by atoms with E-state index in [2.05, 4.69) is 5.32 Å².